The van der Waals surface area contributed by atoms with Crippen molar-refractivity contribution in [1.29, 1.82) is 0 Å². The van der Waals surface area contributed by atoms with Crippen molar-refractivity contribution in [3.8, 4) is 0 Å². The van der Waals surface area contributed by atoms with Crippen molar-refractivity contribution in [1.82, 2.24) is 0 Å². The molecule has 2 unspecified atom stereocenters. The number of aliphatic carboxylic acids is 1. The molecule has 0 aromatic carbocycles. The maximum Gasteiger partial charge on any atom is 0.319 e. The van der Waals surface area contributed by atoms with Crippen LogP contribution in [0.25, 0.3) is 0 Å². The largest absolute Gasteiger partial charge is 0.480 e. The summed E-state index contributed by atoms with van der Waals surface area (Å²) in [7, 11) is 1.65. The van der Waals surface area contributed by atoms with Crippen molar-refractivity contribution in [2.45, 2.75) is 37.4 Å². The molecule has 1 saturated carbocycles. The third kappa shape index (κ3) is 3.38. The Bertz CT molecular complexity index is 220. The van der Waals surface area contributed by atoms with Crippen molar-refractivity contribution in [3.05, 3.63) is 0 Å². The van der Waals surface area contributed by atoms with Gasteiger partial charge in [0.05, 0.1) is 6.61 Å². The molecule has 15 heavy (non-hydrogen) atoms. The summed E-state index contributed by atoms with van der Waals surface area (Å²) in [6.07, 6.45) is 3.81. The third-order valence-corrected chi connectivity index (χ3v) is 4.48. The normalized spacial score (nSPS) is 31.5. The zero-order chi connectivity index (χ0) is 11.3. The Balaban J connectivity index is 2.57. The first-order chi connectivity index (χ1) is 7.10. The van der Waals surface area contributed by atoms with Crippen molar-refractivity contribution < 1.29 is 14.6 Å². The highest BCUT2D eigenvalue weighted by Crippen LogP contribution is 2.42. The van der Waals surface area contributed by atoms with Gasteiger partial charge in [-0.1, -0.05) is 19.8 Å². The minimum absolute atomic E-state index is 0.532. The number of rotatable bonds is 5. The molecule has 0 aromatic heterocycles. The van der Waals surface area contributed by atoms with Crippen LogP contribution >= 0.6 is 11.8 Å². The van der Waals surface area contributed by atoms with E-state index in [9.17, 15) is 9.90 Å². The van der Waals surface area contributed by atoms with Crippen LogP contribution in [0.4, 0.5) is 0 Å². The molecule has 0 spiro atoms. The zero-order valence-electron chi connectivity index (χ0n) is 9.49. The van der Waals surface area contributed by atoms with Gasteiger partial charge in [-0.15, -0.1) is 11.8 Å². The van der Waals surface area contributed by atoms with E-state index in [0.29, 0.717) is 12.5 Å². The number of carboxylic acid groups (broad SMARTS) is 1. The SMILES string of the molecule is COCCSC1(C(=O)O)CCCC(C)C1. The van der Waals surface area contributed by atoms with Crippen LogP contribution in [-0.4, -0.2) is 35.3 Å². The molecule has 1 N–H and O–H groups in total. The number of ether oxygens (including phenoxy) is 1. The molecule has 1 aliphatic rings. The molecule has 0 aliphatic heterocycles. The van der Waals surface area contributed by atoms with E-state index >= 15 is 0 Å². The Kier molecular flexibility index (Phi) is 4.93. The topological polar surface area (TPSA) is 46.5 Å². The van der Waals surface area contributed by atoms with E-state index < -0.39 is 10.7 Å². The number of hydrogen-bond donors (Lipinski definition) is 1. The lowest BCUT2D eigenvalue weighted by Gasteiger charge is -2.35. The minimum Gasteiger partial charge on any atom is -0.480 e. The number of hydrogen-bond acceptors (Lipinski definition) is 3. The quantitative estimate of drug-likeness (QED) is 0.739. The molecule has 0 amide bonds. The van der Waals surface area contributed by atoms with E-state index in [2.05, 4.69) is 6.92 Å². The highest BCUT2D eigenvalue weighted by atomic mass is 32.2. The van der Waals surface area contributed by atoms with Crippen molar-refractivity contribution in [2.75, 3.05) is 19.5 Å². The lowest BCUT2D eigenvalue weighted by molar-refractivity contribution is -0.141. The number of thioether (sulfide) groups is 1. The summed E-state index contributed by atoms with van der Waals surface area (Å²) >= 11 is 1.56. The van der Waals surface area contributed by atoms with Gasteiger partial charge in [-0.3, -0.25) is 4.79 Å². The van der Waals surface area contributed by atoms with E-state index in [4.69, 9.17) is 4.74 Å². The van der Waals surface area contributed by atoms with E-state index in [0.717, 1.165) is 25.0 Å². The molecular formula is C11H20O3S. The maximum atomic E-state index is 11.4. The van der Waals surface area contributed by atoms with Crippen LogP contribution in [0.2, 0.25) is 0 Å². The molecule has 88 valence electrons. The van der Waals surface area contributed by atoms with Gasteiger partial charge in [-0.2, -0.15) is 0 Å². The number of carbonyl (C=O) groups is 1. The van der Waals surface area contributed by atoms with Crippen molar-refractivity contribution in [2.24, 2.45) is 5.92 Å². The standard InChI is InChI=1S/C11H20O3S/c1-9-4-3-5-11(8-9,10(12)13)15-7-6-14-2/h9H,3-8H2,1-2H3,(H,12,13). The predicted octanol–water partition coefficient (Wildman–Crippen LogP) is 2.40. The highest BCUT2D eigenvalue weighted by molar-refractivity contribution is 8.01. The van der Waals surface area contributed by atoms with Crippen LogP contribution in [0.1, 0.15) is 32.6 Å². The Morgan fingerprint density at radius 1 is 1.67 bits per heavy atom. The maximum absolute atomic E-state index is 11.4. The minimum atomic E-state index is -0.643. The van der Waals surface area contributed by atoms with Gasteiger partial charge in [0.2, 0.25) is 0 Å². The third-order valence-electron chi connectivity index (χ3n) is 3.01. The molecule has 2 atom stereocenters. The molecule has 1 fully saturated rings. The van der Waals surface area contributed by atoms with E-state index in [1.54, 1.807) is 18.9 Å². The van der Waals surface area contributed by atoms with Gasteiger partial charge in [0, 0.05) is 12.9 Å². The van der Waals surface area contributed by atoms with Gasteiger partial charge in [0.1, 0.15) is 4.75 Å². The molecular weight excluding hydrogens is 212 g/mol. The molecule has 0 heterocycles. The first kappa shape index (κ1) is 12.8. The fraction of sp³-hybridized carbons (Fsp3) is 0.909. The molecule has 1 aliphatic carbocycles. The smallest absolute Gasteiger partial charge is 0.319 e. The monoisotopic (exact) mass is 232 g/mol. The van der Waals surface area contributed by atoms with E-state index in [-0.39, 0.29) is 0 Å². The van der Waals surface area contributed by atoms with E-state index in [1.165, 1.54) is 6.42 Å². The molecule has 0 aromatic rings. The fourth-order valence-electron chi connectivity index (χ4n) is 2.21. The number of methoxy groups -OCH3 is 1. The average molecular weight is 232 g/mol. The summed E-state index contributed by atoms with van der Waals surface area (Å²) < 4.78 is 4.43. The Hall–Kier alpha value is -0.220. The summed E-state index contributed by atoms with van der Waals surface area (Å²) in [5.74, 6) is 0.662. The van der Waals surface area contributed by atoms with Gasteiger partial charge in [-0.05, 0) is 18.8 Å². The molecule has 0 saturated heterocycles. The van der Waals surface area contributed by atoms with Crippen LogP contribution in [0.5, 0.6) is 0 Å². The first-order valence-corrected chi connectivity index (χ1v) is 6.45. The van der Waals surface area contributed by atoms with Crippen LogP contribution < -0.4 is 0 Å². The first-order valence-electron chi connectivity index (χ1n) is 5.47. The number of carboxylic acids is 1. The molecule has 0 bridgehead atoms. The predicted molar refractivity (Wildman–Crippen MR) is 62.3 cm³/mol. The van der Waals surface area contributed by atoms with Crippen LogP contribution in [0, 0.1) is 5.92 Å². The van der Waals surface area contributed by atoms with Crippen molar-refractivity contribution in [3.63, 3.8) is 0 Å². The van der Waals surface area contributed by atoms with Gasteiger partial charge < -0.3 is 9.84 Å². The summed E-state index contributed by atoms with van der Waals surface area (Å²) in [6, 6.07) is 0. The highest BCUT2D eigenvalue weighted by Gasteiger charge is 2.42. The van der Waals surface area contributed by atoms with E-state index in [1.807, 2.05) is 0 Å². The Labute approximate surface area is 95.6 Å². The van der Waals surface area contributed by atoms with Gasteiger partial charge >= 0.3 is 5.97 Å². The lowest BCUT2D eigenvalue weighted by atomic mass is 9.82. The second-order valence-corrected chi connectivity index (χ2v) is 5.82. The van der Waals surface area contributed by atoms with Gasteiger partial charge in [-0.25, -0.2) is 0 Å². The van der Waals surface area contributed by atoms with Crippen molar-refractivity contribution >= 4 is 17.7 Å². The Morgan fingerprint density at radius 3 is 2.93 bits per heavy atom. The van der Waals surface area contributed by atoms with Gasteiger partial charge in [0.15, 0.2) is 0 Å². The van der Waals surface area contributed by atoms with Crippen LogP contribution in [0.15, 0.2) is 0 Å². The summed E-state index contributed by atoms with van der Waals surface area (Å²) in [6.45, 7) is 2.78. The molecule has 4 heteroatoms. The molecule has 1 rings (SSSR count). The van der Waals surface area contributed by atoms with Crippen LogP contribution in [0.3, 0.4) is 0 Å². The second-order valence-electron chi connectivity index (χ2n) is 4.34. The summed E-state index contributed by atoms with van der Waals surface area (Å²) in [5, 5.41) is 9.34. The Morgan fingerprint density at radius 2 is 2.40 bits per heavy atom. The summed E-state index contributed by atoms with van der Waals surface area (Å²) in [5.41, 5.74) is 0. The summed E-state index contributed by atoms with van der Waals surface area (Å²) in [4.78, 5) is 11.4. The molecule has 3 nitrogen and oxygen atoms in total. The second kappa shape index (κ2) is 5.75. The zero-order valence-corrected chi connectivity index (χ0v) is 10.3. The fourth-order valence-corrected chi connectivity index (χ4v) is 3.67. The lowest BCUT2D eigenvalue weighted by Crippen LogP contribution is -2.40. The molecule has 0 radical (unpaired) electrons. The average Bonchev–Trinajstić information content (AvgIpc) is 2.18. The van der Waals surface area contributed by atoms with Gasteiger partial charge in [0.25, 0.3) is 0 Å². The van der Waals surface area contributed by atoms with Crippen LogP contribution in [-0.2, 0) is 9.53 Å².